The zero-order valence-corrected chi connectivity index (χ0v) is 13.4. The molecule has 0 saturated carbocycles. The van der Waals surface area contributed by atoms with E-state index in [9.17, 15) is 0 Å². The number of aromatic nitrogens is 3. The topological polar surface area (TPSA) is 50.7 Å². The second-order valence-electron chi connectivity index (χ2n) is 5.93. The minimum atomic E-state index is 0.688. The van der Waals surface area contributed by atoms with Crippen molar-refractivity contribution in [1.29, 1.82) is 0 Å². The Morgan fingerprint density at radius 2 is 2.23 bits per heavy atom. The van der Waals surface area contributed by atoms with Crippen LogP contribution in [0.2, 0.25) is 0 Å². The highest BCUT2D eigenvalue weighted by Gasteiger charge is 2.22. The average molecular weight is 310 g/mol. The van der Waals surface area contributed by atoms with Crippen molar-refractivity contribution < 1.29 is 0 Å². The van der Waals surface area contributed by atoms with Gasteiger partial charge in [0, 0.05) is 11.1 Å². The van der Waals surface area contributed by atoms with Gasteiger partial charge in [-0.05, 0) is 42.9 Å². The third-order valence-corrected chi connectivity index (χ3v) is 5.42. The number of hydrogen-bond donors (Lipinski definition) is 1. The monoisotopic (exact) mass is 310 g/mol. The second kappa shape index (κ2) is 5.65. The highest BCUT2D eigenvalue weighted by atomic mass is 32.1. The standard InChI is InChI=1S/C17H18N4S/c1-11-5-6-13-14(8-11)22-17-15(13)16(20-10-21-17)19-9-12-4-2-3-7-18-12/h2-4,7,10-11H,5-6,8-9H2,1H3,(H,19,20,21). The van der Waals surface area contributed by atoms with Crippen LogP contribution in [0.1, 0.15) is 29.5 Å². The van der Waals surface area contributed by atoms with Crippen molar-refractivity contribution in [2.24, 2.45) is 5.92 Å². The van der Waals surface area contributed by atoms with E-state index < -0.39 is 0 Å². The summed E-state index contributed by atoms with van der Waals surface area (Å²) in [6.07, 6.45) is 7.06. The predicted octanol–water partition coefficient (Wildman–Crippen LogP) is 3.82. The lowest BCUT2D eigenvalue weighted by Crippen LogP contribution is -2.09. The zero-order chi connectivity index (χ0) is 14.9. The normalized spacial score (nSPS) is 17.4. The van der Waals surface area contributed by atoms with E-state index in [1.54, 1.807) is 6.33 Å². The van der Waals surface area contributed by atoms with E-state index in [1.165, 1.54) is 28.7 Å². The maximum atomic E-state index is 4.48. The third-order valence-electron chi connectivity index (χ3n) is 4.25. The van der Waals surface area contributed by atoms with Crippen molar-refractivity contribution in [1.82, 2.24) is 15.0 Å². The minimum absolute atomic E-state index is 0.688. The van der Waals surface area contributed by atoms with Gasteiger partial charge in [-0.25, -0.2) is 9.97 Å². The molecule has 0 amide bonds. The van der Waals surface area contributed by atoms with Crippen molar-refractivity contribution in [3.63, 3.8) is 0 Å². The molecule has 4 rings (SSSR count). The Bertz CT molecular complexity index is 797. The molecule has 0 bridgehead atoms. The van der Waals surface area contributed by atoms with Gasteiger partial charge in [-0.3, -0.25) is 4.98 Å². The quantitative estimate of drug-likeness (QED) is 0.799. The molecule has 0 saturated heterocycles. The number of nitrogens with one attached hydrogen (secondary N) is 1. The molecule has 1 aliphatic rings. The van der Waals surface area contributed by atoms with Crippen LogP contribution in [0, 0.1) is 5.92 Å². The number of thiophene rings is 1. The minimum Gasteiger partial charge on any atom is -0.364 e. The van der Waals surface area contributed by atoms with Crippen molar-refractivity contribution in [2.45, 2.75) is 32.7 Å². The summed E-state index contributed by atoms with van der Waals surface area (Å²) in [6.45, 7) is 3.02. The molecule has 1 unspecified atom stereocenters. The van der Waals surface area contributed by atoms with Gasteiger partial charge in [0.1, 0.15) is 17.0 Å². The number of anilines is 1. The zero-order valence-electron chi connectivity index (χ0n) is 12.5. The molecular weight excluding hydrogens is 292 g/mol. The molecule has 0 radical (unpaired) electrons. The Balaban J connectivity index is 1.69. The summed E-state index contributed by atoms with van der Waals surface area (Å²) >= 11 is 1.83. The lowest BCUT2D eigenvalue weighted by Gasteiger charge is -2.18. The fourth-order valence-corrected chi connectivity index (χ4v) is 4.44. The first kappa shape index (κ1) is 13.6. The summed E-state index contributed by atoms with van der Waals surface area (Å²) in [6, 6.07) is 5.96. The van der Waals surface area contributed by atoms with Gasteiger partial charge in [-0.15, -0.1) is 11.3 Å². The molecule has 3 heterocycles. The van der Waals surface area contributed by atoms with Crippen LogP contribution in [-0.4, -0.2) is 15.0 Å². The molecule has 0 fully saturated rings. The predicted molar refractivity (Wildman–Crippen MR) is 90.2 cm³/mol. The molecule has 22 heavy (non-hydrogen) atoms. The van der Waals surface area contributed by atoms with Gasteiger partial charge in [-0.1, -0.05) is 13.0 Å². The average Bonchev–Trinajstić information content (AvgIpc) is 2.91. The number of rotatable bonds is 3. The van der Waals surface area contributed by atoms with Crippen LogP contribution >= 0.6 is 11.3 Å². The first-order valence-corrected chi connectivity index (χ1v) is 8.52. The van der Waals surface area contributed by atoms with Crippen LogP contribution in [0.4, 0.5) is 5.82 Å². The van der Waals surface area contributed by atoms with E-state index >= 15 is 0 Å². The Kier molecular flexibility index (Phi) is 3.50. The van der Waals surface area contributed by atoms with E-state index in [2.05, 4.69) is 27.2 Å². The van der Waals surface area contributed by atoms with Gasteiger partial charge in [-0.2, -0.15) is 0 Å². The smallest absolute Gasteiger partial charge is 0.138 e. The van der Waals surface area contributed by atoms with E-state index in [-0.39, 0.29) is 0 Å². The van der Waals surface area contributed by atoms with Crippen LogP contribution < -0.4 is 5.32 Å². The number of hydrogen-bond acceptors (Lipinski definition) is 5. The third kappa shape index (κ3) is 2.46. The molecule has 0 spiro atoms. The van der Waals surface area contributed by atoms with Gasteiger partial charge in [0.2, 0.25) is 0 Å². The highest BCUT2D eigenvalue weighted by molar-refractivity contribution is 7.19. The molecule has 0 aromatic carbocycles. The Labute approximate surface area is 133 Å². The van der Waals surface area contributed by atoms with Crippen LogP contribution in [0.3, 0.4) is 0 Å². The number of fused-ring (bicyclic) bond motifs is 3. The van der Waals surface area contributed by atoms with Crippen molar-refractivity contribution in [2.75, 3.05) is 5.32 Å². The number of nitrogens with zero attached hydrogens (tertiary/aromatic N) is 3. The van der Waals surface area contributed by atoms with Gasteiger partial charge < -0.3 is 5.32 Å². The summed E-state index contributed by atoms with van der Waals surface area (Å²) in [5.41, 5.74) is 2.48. The number of pyridine rings is 1. The molecule has 4 nitrogen and oxygen atoms in total. The molecule has 1 aliphatic carbocycles. The Morgan fingerprint density at radius 1 is 1.27 bits per heavy atom. The van der Waals surface area contributed by atoms with E-state index in [0.29, 0.717) is 6.54 Å². The molecule has 5 heteroatoms. The van der Waals surface area contributed by atoms with E-state index in [1.807, 2.05) is 35.7 Å². The van der Waals surface area contributed by atoms with Crippen LogP contribution in [-0.2, 0) is 19.4 Å². The largest absolute Gasteiger partial charge is 0.364 e. The van der Waals surface area contributed by atoms with Gasteiger partial charge in [0.25, 0.3) is 0 Å². The fraction of sp³-hybridized carbons (Fsp3) is 0.353. The SMILES string of the molecule is CC1CCc2c(sc3ncnc(NCc4ccccn4)c23)C1. The van der Waals surface area contributed by atoms with Gasteiger partial charge in [0.05, 0.1) is 17.6 Å². The summed E-state index contributed by atoms with van der Waals surface area (Å²) in [5.74, 6) is 1.72. The second-order valence-corrected chi connectivity index (χ2v) is 7.01. The molecule has 0 aliphatic heterocycles. The maximum absolute atomic E-state index is 4.48. The lowest BCUT2D eigenvalue weighted by atomic mass is 9.89. The first-order valence-electron chi connectivity index (χ1n) is 7.70. The van der Waals surface area contributed by atoms with Crippen molar-refractivity contribution in [3.8, 4) is 0 Å². The van der Waals surface area contributed by atoms with Crippen LogP contribution in [0.15, 0.2) is 30.7 Å². The summed E-state index contributed by atoms with van der Waals surface area (Å²) in [7, 11) is 0. The fourth-order valence-electron chi connectivity index (χ4n) is 3.09. The van der Waals surface area contributed by atoms with E-state index in [4.69, 9.17) is 0 Å². The van der Waals surface area contributed by atoms with E-state index in [0.717, 1.165) is 28.7 Å². The highest BCUT2D eigenvalue weighted by Crippen LogP contribution is 2.39. The molecule has 1 N–H and O–H groups in total. The van der Waals surface area contributed by atoms with Crippen molar-refractivity contribution in [3.05, 3.63) is 46.9 Å². The summed E-state index contributed by atoms with van der Waals surface area (Å²) < 4.78 is 0. The lowest BCUT2D eigenvalue weighted by molar-refractivity contribution is 0.509. The molecule has 3 aromatic heterocycles. The van der Waals surface area contributed by atoms with Gasteiger partial charge in [0.15, 0.2) is 0 Å². The van der Waals surface area contributed by atoms with Crippen molar-refractivity contribution >= 4 is 27.4 Å². The summed E-state index contributed by atoms with van der Waals surface area (Å²) in [5, 5.41) is 4.67. The molecular formula is C17H18N4S. The Morgan fingerprint density at radius 3 is 3.09 bits per heavy atom. The number of aryl methyl sites for hydroxylation is 1. The van der Waals surface area contributed by atoms with Crippen LogP contribution in [0.5, 0.6) is 0 Å². The molecule has 1 atom stereocenters. The van der Waals surface area contributed by atoms with Gasteiger partial charge >= 0.3 is 0 Å². The molecule has 3 aromatic rings. The Hall–Kier alpha value is -2.01. The first-order chi connectivity index (χ1) is 10.8. The summed E-state index contributed by atoms with van der Waals surface area (Å²) in [4.78, 5) is 15.9. The maximum Gasteiger partial charge on any atom is 0.138 e. The van der Waals surface area contributed by atoms with Crippen LogP contribution in [0.25, 0.3) is 10.2 Å². The molecule has 112 valence electrons.